The monoisotopic (exact) mass is 504 g/mol. The van der Waals surface area contributed by atoms with Gasteiger partial charge in [0.1, 0.15) is 12.4 Å². The van der Waals surface area contributed by atoms with Gasteiger partial charge in [-0.2, -0.15) is 0 Å². The summed E-state index contributed by atoms with van der Waals surface area (Å²) >= 11 is 1.37. The van der Waals surface area contributed by atoms with Gasteiger partial charge in [0.05, 0.1) is 17.7 Å². The van der Waals surface area contributed by atoms with Crippen LogP contribution in [-0.2, 0) is 11.4 Å². The predicted octanol–water partition coefficient (Wildman–Crippen LogP) is 6.98. The van der Waals surface area contributed by atoms with Gasteiger partial charge in [-0.05, 0) is 78.2 Å². The molecule has 1 fully saturated rings. The second-order valence-electron chi connectivity index (χ2n) is 8.98. The molecule has 5 nitrogen and oxygen atoms in total. The maximum atomic E-state index is 13.3. The highest BCUT2D eigenvalue weighted by molar-refractivity contribution is 8.18. The minimum absolute atomic E-state index is 0.0600. The van der Waals surface area contributed by atoms with E-state index in [1.54, 1.807) is 24.1 Å². The first kappa shape index (κ1) is 25.5. The van der Waals surface area contributed by atoms with Crippen molar-refractivity contribution in [3.05, 3.63) is 94.1 Å². The van der Waals surface area contributed by atoms with E-state index in [4.69, 9.17) is 14.5 Å². The van der Waals surface area contributed by atoms with E-state index in [-0.39, 0.29) is 18.3 Å². The Kier molecular flexibility index (Phi) is 8.10. The number of nitrogens with zero attached hydrogens (tertiary/aromatic N) is 2. The normalized spacial score (nSPS) is 15.8. The first-order chi connectivity index (χ1) is 17.3. The molecule has 1 heterocycles. The van der Waals surface area contributed by atoms with Crippen LogP contribution in [0, 0.1) is 18.7 Å². The number of aliphatic imine (C=N–C) groups is 1. The Morgan fingerprint density at radius 1 is 1.03 bits per heavy atom. The zero-order valence-electron chi connectivity index (χ0n) is 20.8. The molecule has 0 spiro atoms. The quantitative estimate of drug-likeness (QED) is 0.311. The van der Waals surface area contributed by atoms with Gasteiger partial charge in [-0.25, -0.2) is 9.38 Å². The molecule has 0 saturated carbocycles. The summed E-state index contributed by atoms with van der Waals surface area (Å²) in [6.45, 7) is 7.07. The Morgan fingerprint density at radius 3 is 2.42 bits per heavy atom. The Hall–Kier alpha value is -3.58. The number of aryl methyl sites for hydroxylation is 1. The van der Waals surface area contributed by atoms with Crippen LogP contribution in [0.15, 0.2) is 76.6 Å². The molecule has 0 atom stereocenters. The molecule has 186 valence electrons. The molecular weight excluding hydrogens is 475 g/mol. The predicted molar refractivity (Wildman–Crippen MR) is 144 cm³/mol. The Bertz CT molecular complexity index is 1280. The van der Waals surface area contributed by atoms with E-state index in [1.807, 2.05) is 55.5 Å². The summed E-state index contributed by atoms with van der Waals surface area (Å²) in [5, 5.41) is 0.676. The van der Waals surface area contributed by atoms with Crippen molar-refractivity contribution in [1.29, 1.82) is 0 Å². The van der Waals surface area contributed by atoms with Gasteiger partial charge in [-0.15, -0.1) is 0 Å². The SMILES string of the molecule is COc1cc(/C=C2/SC(=Nc3ccc(C)cc3)N(CC(C)C)C2=O)ccc1OCc1ccc(F)cc1. The lowest BCUT2D eigenvalue weighted by molar-refractivity contribution is -0.122. The maximum Gasteiger partial charge on any atom is 0.266 e. The molecule has 36 heavy (non-hydrogen) atoms. The number of ether oxygens (including phenoxy) is 2. The molecule has 0 unspecified atom stereocenters. The number of hydrogen-bond donors (Lipinski definition) is 0. The fourth-order valence-electron chi connectivity index (χ4n) is 3.63. The summed E-state index contributed by atoms with van der Waals surface area (Å²) in [5.41, 5.74) is 3.64. The number of methoxy groups -OCH3 is 1. The molecule has 0 bridgehead atoms. The molecule has 1 amide bonds. The highest BCUT2D eigenvalue weighted by Crippen LogP contribution is 2.36. The van der Waals surface area contributed by atoms with Crippen LogP contribution in [-0.4, -0.2) is 29.6 Å². The Morgan fingerprint density at radius 2 is 1.75 bits per heavy atom. The third-order valence-electron chi connectivity index (χ3n) is 5.49. The molecule has 7 heteroatoms. The van der Waals surface area contributed by atoms with E-state index in [0.717, 1.165) is 22.4 Å². The molecule has 1 saturated heterocycles. The van der Waals surface area contributed by atoms with Gasteiger partial charge in [0.25, 0.3) is 5.91 Å². The van der Waals surface area contributed by atoms with Gasteiger partial charge in [0.15, 0.2) is 16.7 Å². The van der Waals surface area contributed by atoms with Crippen molar-refractivity contribution in [2.45, 2.75) is 27.4 Å². The van der Waals surface area contributed by atoms with Crippen LogP contribution in [0.4, 0.5) is 10.1 Å². The number of thioether (sulfide) groups is 1. The first-order valence-corrected chi connectivity index (χ1v) is 12.6. The van der Waals surface area contributed by atoms with Gasteiger partial charge in [-0.3, -0.25) is 9.69 Å². The number of amides is 1. The number of hydrogen-bond acceptors (Lipinski definition) is 5. The van der Waals surface area contributed by atoms with Crippen molar-refractivity contribution in [2.24, 2.45) is 10.9 Å². The van der Waals surface area contributed by atoms with E-state index in [1.165, 1.54) is 23.9 Å². The maximum absolute atomic E-state index is 13.3. The minimum Gasteiger partial charge on any atom is -0.493 e. The smallest absolute Gasteiger partial charge is 0.266 e. The third-order valence-corrected chi connectivity index (χ3v) is 6.49. The largest absolute Gasteiger partial charge is 0.493 e. The molecule has 0 radical (unpaired) electrons. The van der Waals surface area contributed by atoms with E-state index >= 15 is 0 Å². The fourth-order valence-corrected chi connectivity index (χ4v) is 4.64. The van der Waals surface area contributed by atoms with Crippen LogP contribution in [0.5, 0.6) is 11.5 Å². The van der Waals surface area contributed by atoms with Gasteiger partial charge in [0.2, 0.25) is 0 Å². The summed E-state index contributed by atoms with van der Waals surface area (Å²) in [6, 6.07) is 19.6. The number of halogens is 1. The van der Waals surface area contributed by atoms with Crippen LogP contribution < -0.4 is 9.47 Å². The van der Waals surface area contributed by atoms with Crippen molar-refractivity contribution in [1.82, 2.24) is 4.90 Å². The molecule has 4 rings (SSSR count). The average molecular weight is 505 g/mol. The molecule has 1 aliphatic heterocycles. The number of benzene rings is 3. The third kappa shape index (κ3) is 6.34. The summed E-state index contributed by atoms with van der Waals surface area (Å²) < 4.78 is 24.6. The van der Waals surface area contributed by atoms with Gasteiger partial charge >= 0.3 is 0 Å². The lowest BCUT2D eigenvalue weighted by atomic mass is 10.1. The van der Waals surface area contributed by atoms with Crippen molar-refractivity contribution in [3.63, 3.8) is 0 Å². The Labute approximate surface area is 215 Å². The topological polar surface area (TPSA) is 51.1 Å². The molecule has 3 aromatic rings. The fraction of sp³-hybridized carbons (Fsp3) is 0.241. The zero-order chi connectivity index (χ0) is 25.7. The van der Waals surface area contributed by atoms with Crippen LogP contribution in [0.25, 0.3) is 6.08 Å². The van der Waals surface area contributed by atoms with E-state index in [2.05, 4.69) is 13.8 Å². The average Bonchev–Trinajstić information content (AvgIpc) is 3.13. The summed E-state index contributed by atoms with van der Waals surface area (Å²) in [7, 11) is 1.57. The van der Waals surface area contributed by atoms with E-state index in [0.29, 0.717) is 34.0 Å². The Balaban J connectivity index is 1.56. The van der Waals surface area contributed by atoms with Crippen LogP contribution in [0.2, 0.25) is 0 Å². The van der Waals surface area contributed by atoms with Gasteiger partial charge < -0.3 is 9.47 Å². The molecule has 0 N–H and O–H groups in total. The van der Waals surface area contributed by atoms with Crippen LogP contribution in [0.3, 0.4) is 0 Å². The van der Waals surface area contributed by atoms with Gasteiger partial charge in [0, 0.05) is 6.54 Å². The number of carbonyl (C=O) groups is 1. The molecule has 0 aromatic heterocycles. The lowest BCUT2D eigenvalue weighted by Gasteiger charge is -2.17. The second kappa shape index (κ2) is 11.4. The zero-order valence-corrected chi connectivity index (χ0v) is 21.6. The van der Waals surface area contributed by atoms with E-state index in [9.17, 15) is 9.18 Å². The summed E-state index contributed by atoms with van der Waals surface area (Å²) in [5.74, 6) is 1.07. The number of amidine groups is 1. The summed E-state index contributed by atoms with van der Waals surface area (Å²) in [6.07, 6.45) is 1.85. The van der Waals surface area contributed by atoms with Crippen molar-refractivity contribution in [3.8, 4) is 11.5 Å². The standard InChI is InChI=1S/C29H29FN2O3S/c1-19(2)17-32-28(33)27(36-29(32)31-24-12-5-20(3)6-13-24)16-22-9-14-25(26(15-22)34-4)35-18-21-7-10-23(30)11-8-21/h5-16,19H,17-18H2,1-4H3/b27-16+,31-29?. The van der Waals surface area contributed by atoms with Crippen LogP contribution >= 0.6 is 11.8 Å². The number of rotatable bonds is 8. The molecule has 1 aliphatic rings. The number of carbonyl (C=O) groups excluding carboxylic acids is 1. The van der Waals surface area contributed by atoms with Crippen LogP contribution in [0.1, 0.15) is 30.5 Å². The summed E-state index contributed by atoms with van der Waals surface area (Å²) in [4.78, 5) is 20.4. The molecular formula is C29H29FN2O3S. The highest BCUT2D eigenvalue weighted by Gasteiger charge is 2.33. The lowest BCUT2D eigenvalue weighted by Crippen LogP contribution is -2.32. The first-order valence-electron chi connectivity index (χ1n) is 11.7. The highest BCUT2D eigenvalue weighted by atomic mass is 32.2. The minimum atomic E-state index is -0.285. The molecule has 0 aliphatic carbocycles. The van der Waals surface area contributed by atoms with Crippen molar-refractivity contribution < 1.29 is 18.7 Å². The second-order valence-corrected chi connectivity index (χ2v) is 9.98. The van der Waals surface area contributed by atoms with Crippen molar-refractivity contribution >= 4 is 34.6 Å². The van der Waals surface area contributed by atoms with E-state index < -0.39 is 0 Å². The van der Waals surface area contributed by atoms with Gasteiger partial charge in [-0.1, -0.05) is 49.7 Å². The van der Waals surface area contributed by atoms with Crippen molar-refractivity contribution in [2.75, 3.05) is 13.7 Å². The molecule has 3 aromatic carbocycles.